The molecule has 9 nitrogen and oxygen atoms in total. The predicted octanol–water partition coefficient (Wildman–Crippen LogP) is -0.259. The Labute approximate surface area is 164 Å². The number of carbonyl (C=O) groups excluding carboxylic acids is 1. The van der Waals surface area contributed by atoms with Gasteiger partial charge in [-0.2, -0.15) is 0 Å². The van der Waals surface area contributed by atoms with Gasteiger partial charge in [0.15, 0.2) is 0 Å². The van der Waals surface area contributed by atoms with Gasteiger partial charge in [0, 0.05) is 0 Å². The number of ether oxygens (including phenoxy) is 2. The number of carboxylic acids is 1. The van der Waals surface area contributed by atoms with E-state index in [0.717, 1.165) is 18.4 Å². The van der Waals surface area contributed by atoms with Crippen molar-refractivity contribution in [1.29, 1.82) is 0 Å². The van der Waals surface area contributed by atoms with E-state index in [9.17, 15) is 14.6 Å². The van der Waals surface area contributed by atoms with Crippen LogP contribution in [0, 0.1) is 0 Å². The summed E-state index contributed by atoms with van der Waals surface area (Å²) < 4.78 is 16.3. The first-order valence-corrected chi connectivity index (χ1v) is 9.32. The molecule has 28 heavy (non-hydrogen) atoms. The number of rotatable bonds is 10. The summed E-state index contributed by atoms with van der Waals surface area (Å²) in [6.45, 7) is 1.26. The van der Waals surface area contributed by atoms with E-state index in [0.29, 0.717) is 18.9 Å². The normalized spacial score (nSPS) is 19.7. The van der Waals surface area contributed by atoms with Crippen molar-refractivity contribution >= 4 is 19.0 Å². The minimum absolute atomic E-state index is 0.0350. The Morgan fingerprint density at radius 2 is 2.14 bits per heavy atom. The van der Waals surface area contributed by atoms with Crippen molar-refractivity contribution in [2.45, 2.75) is 37.7 Å². The molecular formula is C18H27BN2O7. The molecule has 0 bridgehead atoms. The topological polar surface area (TPSA) is 140 Å². The lowest BCUT2D eigenvalue weighted by atomic mass is 9.79. The summed E-state index contributed by atoms with van der Waals surface area (Å²) >= 11 is 0. The number of amides is 1. The lowest BCUT2D eigenvalue weighted by molar-refractivity contribution is -0.139. The minimum Gasteiger partial charge on any atom is -0.494 e. The van der Waals surface area contributed by atoms with Crippen molar-refractivity contribution < 1.29 is 33.8 Å². The van der Waals surface area contributed by atoms with Crippen LogP contribution in [-0.4, -0.2) is 67.5 Å². The summed E-state index contributed by atoms with van der Waals surface area (Å²) in [5.74, 6) is -1.45. The van der Waals surface area contributed by atoms with E-state index in [-0.39, 0.29) is 32.0 Å². The van der Waals surface area contributed by atoms with Gasteiger partial charge in [-0.3, -0.25) is 9.59 Å². The molecule has 10 heteroatoms. The van der Waals surface area contributed by atoms with Crippen LogP contribution >= 0.6 is 0 Å². The summed E-state index contributed by atoms with van der Waals surface area (Å²) in [6, 6.07) is 7.24. The van der Waals surface area contributed by atoms with E-state index in [4.69, 9.17) is 25.0 Å². The van der Waals surface area contributed by atoms with Gasteiger partial charge in [0.25, 0.3) is 0 Å². The third-order valence-electron chi connectivity index (χ3n) is 4.16. The molecule has 1 aliphatic rings. The fourth-order valence-corrected chi connectivity index (χ4v) is 2.78. The summed E-state index contributed by atoms with van der Waals surface area (Å²) in [5.41, 5.74) is 6.22. The molecule has 1 saturated heterocycles. The molecule has 0 saturated carbocycles. The number of hydrogen-bond acceptors (Lipinski definition) is 7. The number of carboxylic acid groups (broad SMARTS) is 1. The molecule has 2 unspecified atom stereocenters. The van der Waals surface area contributed by atoms with E-state index in [1.807, 2.05) is 18.2 Å². The Morgan fingerprint density at radius 3 is 2.89 bits per heavy atom. The molecule has 0 aliphatic carbocycles. The van der Waals surface area contributed by atoms with Crippen LogP contribution in [-0.2, 0) is 25.4 Å². The van der Waals surface area contributed by atoms with E-state index in [1.165, 1.54) is 0 Å². The predicted molar refractivity (Wildman–Crippen MR) is 102 cm³/mol. The Bertz CT molecular complexity index is 646. The first-order chi connectivity index (χ1) is 13.5. The standard InChI is InChI=1S/C18H27BN2O7/c20-6-1-2-7-27-14-5-3-4-13(8-14)9-17(22)21-16-12-26-11-15(10-18(23)24)28-19(16)25/h3-5,8,15-16,25H,1-2,6-7,9-12,20H2,(H,21,22)(H,23,24). The van der Waals surface area contributed by atoms with Gasteiger partial charge in [0.05, 0.1) is 44.7 Å². The number of benzene rings is 1. The molecule has 5 N–H and O–H groups in total. The van der Waals surface area contributed by atoms with E-state index in [1.54, 1.807) is 6.07 Å². The highest BCUT2D eigenvalue weighted by Gasteiger charge is 2.35. The molecule has 1 aromatic carbocycles. The van der Waals surface area contributed by atoms with Gasteiger partial charge >= 0.3 is 13.1 Å². The van der Waals surface area contributed by atoms with Crippen LogP contribution < -0.4 is 15.8 Å². The van der Waals surface area contributed by atoms with Crippen molar-refractivity contribution in [2.24, 2.45) is 5.73 Å². The largest absolute Gasteiger partial charge is 0.494 e. The maximum Gasteiger partial charge on any atom is 0.480 e. The average molecular weight is 394 g/mol. The molecular weight excluding hydrogens is 367 g/mol. The summed E-state index contributed by atoms with van der Waals surface area (Å²) in [6.07, 6.45) is 0.812. The summed E-state index contributed by atoms with van der Waals surface area (Å²) in [7, 11) is -1.34. The van der Waals surface area contributed by atoms with Crippen molar-refractivity contribution in [2.75, 3.05) is 26.4 Å². The van der Waals surface area contributed by atoms with Crippen LogP contribution in [0.25, 0.3) is 0 Å². The van der Waals surface area contributed by atoms with Gasteiger partial charge in [-0.25, -0.2) is 0 Å². The SMILES string of the molecule is NCCCCOc1cccc(CC(=O)NC2COCC(CC(=O)O)OB2O)c1. The summed E-state index contributed by atoms with van der Waals surface area (Å²) in [5, 5.41) is 21.6. The zero-order chi connectivity index (χ0) is 20.4. The van der Waals surface area contributed by atoms with Crippen LogP contribution in [0.3, 0.4) is 0 Å². The third-order valence-corrected chi connectivity index (χ3v) is 4.16. The van der Waals surface area contributed by atoms with Gasteiger partial charge in [0.1, 0.15) is 5.75 Å². The Balaban J connectivity index is 1.83. The highest BCUT2D eigenvalue weighted by Crippen LogP contribution is 2.15. The van der Waals surface area contributed by atoms with E-state index in [2.05, 4.69) is 5.32 Å². The molecule has 2 atom stereocenters. The number of unbranched alkanes of at least 4 members (excludes halogenated alkanes) is 1. The Hall–Kier alpha value is -2.14. The number of nitrogens with one attached hydrogen (secondary N) is 1. The Morgan fingerprint density at radius 1 is 1.32 bits per heavy atom. The first kappa shape index (κ1) is 22.2. The molecule has 0 aromatic heterocycles. The maximum absolute atomic E-state index is 12.3. The smallest absolute Gasteiger partial charge is 0.480 e. The van der Waals surface area contributed by atoms with Crippen molar-refractivity contribution in [1.82, 2.24) is 5.32 Å². The molecule has 1 amide bonds. The highest BCUT2D eigenvalue weighted by atomic mass is 16.6. The van der Waals surface area contributed by atoms with Crippen molar-refractivity contribution in [3.63, 3.8) is 0 Å². The van der Waals surface area contributed by atoms with Crippen molar-refractivity contribution in [3.05, 3.63) is 29.8 Å². The number of nitrogens with two attached hydrogens (primary N) is 1. The molecule has 0 spiro atoms. The van der Waals surface area contributed by atoms with E-state index < -0.39 is 25.1 Å². The van der Waals surface area contributed by atoms with E-state index >= 15 is 0 Å². The molecule has 1 fully saturated rings. The van der Waals surface area contributed by atoms with Crippen LogP contribution in [0.1, 0.15) is 24.8 Å². The quantitative estimate of drug-likeness (QED) is 0.314. The molecule has 1 aromatic rings. The van der Waals surface area contributed by atoms with Crippen LogP contribution in [0.5, 0.6) is 5.75 Å². The van der Waals surface area contributed by atoms with Crippen LogP contribution in [0.15, 0.2) is 24.3 Å². The number of hydrogen-bond donors (Lipinski definition) is 4. The zero-order valence-corrected chi connectivity index (χ0v) is 15.7. The second-order valence-electron chi connectivity index (χ2n) is 6.63. The zero-order valence-electron chi connectivity index (χ0n) is 15.7. The van der Waals surface area contributed by atoms with Gasteiger partial charge in [-0.15, -0.1) is 0 Å². The van der Waals surface area contributed by atoms with Gasteiger partial charge in [0.2, 0.25) is 5.91 Å². The molecule has 0 radical (unpaired) electrons. The monoisotopic (exact) mass is 394 g/mol. The average Bonchev–Trinajstić information content (AvgIpc) is 2.80. The van der Waals surface area contributed by atoms with Gasteiger partial charge < -0.3 is 35.3 Å². The molecule has 1 heterocycles. The highest BCUT2D eigenvalue weighted by molar-refractivity contribution is 6.45. The Kier molecular flexibility index (Phi) is 9.22. The number of aliphatic carboxylic acids is 1. The lowest BCUT2D eigenvalue weighted by Gasteiger charge is -2.19. The molecule has 2 rings (SSSR count). The van der Waals surface area contributed by atoms with Crippen molar-refractivity contribution in [3.8, 4) is 5.75 Å². The number of carbonyl (C=O) groups is 2. The third kappa shape index (κ3) is 7.85. The van der Waals surface area contributed by atoms with Gasteiger partial charge in [-0.05, 0) is 37.1 Å². The van der Waals surface area contributed by atoms with Crippen LogP contribution in [0.4, 0.5) is 0 Å². The molecule has 1 aliphatic heterocycles. The summed E-state index contributed by atoms with van der Waals surface area (Å²) in [4.78, 5) is 23.1. The fraction of sp³-hybridized carbons (Fsp3) is 0.556. The molecule has 154 valence electrons. The van der Waals surface area contributed by atoms with Gasteiger partial charge in [-0.1, -0.05) is 12.1 Å². The van der Waals surface area contributed by atoms with Crippen LogP contribution in [0.2, 0.25) is 0 Å². The maximum atomic E-state index is 12.3. The minimum atomic E-state index is -1.34. The second-order valence-corrected chi connectivity index (χ2v) is 6.63. The lowest BCUT2D eigenvalue weighted by Crippen LogP contribution is -2.50. The second kappa shape index (κ2) is 11.7. The fourth-order valence-electron chi connectivity index (χ4n) is 2.78. The first-order valence-electron chi connectivity index (χ1n) is 9.32.